The third-order valence-corrected chi connectivity index (χ3v) is 4.27. The van der Waals surface area contributed by atoms with Gasteiger partial charge in [0.05, 0.1) is 6.61 Å². The van der Waals surface area contributed by atoms with Crippen molar-refractivity contribution in [1.82, 2.24) is 10.6 Å². The Balaban J connectivity index is 1.78. The number of carbonyl (C=O) groups is 1. The molecule has 0 aromatic heterocycles. The maximum Gasteiger partial charge on any atom is 0.250 e. The largest absolute Gasteiger partial charge is 0.366 e. The number of amides is 1. The summed E-state index contributed by atoms with van der Waals surface area (Å²) >= 11 is 0. The van der Waals surface area contributed by atoms with Crippen molar-refractivity contribution in [2.45, 2.75) is 45.1 Å². The number of hydrogen-bond acceptors (Lipinski definition) is 3. The average Bonchev–Trinajstić information content (AvgIpc) is 2.86. The highest BCUT2D eigenvalue weighted by Gasteiger charge is 2.33. The van der Waals surface area contributed by atoms with Crippen molar-refractivity contribution in [1.29, 1.82) is 0 Å². The molecule has 0 aromatic rings. The first kappa shape index (κ1) is 12.8. The van der Waals surface area contributed by atoms with Crippen LogP contribution in [0, 0.1) is 5.41 Å². The van der Waals surface area contributed by atoms with Crippen LogP contribution in [0.3, 0.4) is 0 Å². The highest BCUT2D eigenvalue weighted by Crippen LogP contribution is 2.40. The summed E-state index contributed by atoms with van der Waals surface area (Å²) in [4.78, 5) is 11.9. The predicted molar refractivity (Wildman–Crippen MR) is 66.8 cm³/mol. The number of carbonyl (C=O) groups excluding carboxylic acids is 1. The molecule has 2 fully saturated rings. The Bertz CT molecular complexity index is 256. The lowest BCUT2D eigenvalue weighted by Crippen LogP contribution is -2.49. The van der Waals surface area contributed by atoms with Crippen LogP contribution in [-0.4, -0.2) is 38.3 Å². The van der Waals surface area contributed by atoms with E-state index < -0.39 is 0 Å². The van der Waals surface area contributed by atoms with Crippen LogP contribution in [0.5, 0.6) is 0 Å². The van der Waals surface area contributed by atoms with Crippen LogP contribution in [0.15, 0.2) is 0 Å². The molecule has 98 valence electrons. The number of rotatable bonds is 4. The minimum Gasteiger partial charge on any atom is -0.366 e. The van der Waals surface area contributed by atoms with Crippen molar-refractivity contribution < 1.29 is 9.53 Å². The second-order valence-corrected chi connectivity index (χ2v) is 5.34. The lowest BCUT2D eigenvalue weighted by molar-refractivity contribution is -0.134. The Morgan fingerprint density at radius 2 is 2.24 bits per heavy atom. The Morgan fingerprint density at radius 1 is 1.47 bits per heavy atom. The van der Waals surface area contributed by atoms with Crippen molar-refractivity contribution in [3.63, 3.8) is 0 Å². The summed E-state index contributed by atoms with van der Waals surface area (Å²) in [6.07, 6.45) is 6.01. The first-order chi connectivity index (χ1) is 8.26. The molecule has 0 radical (unpaired) electrons. The van der Waals surface area contributed by atoms with Crippen LogP contribution < -0.4 is 10.6 Å². The van der Waals surface area contributed by atoms with E-state index in [2.05, 4.69) is 17.6 Å². The number of hydrogen-bond donors (Lipinski definition) is 2. The van der Waals surface area contributed by atoms with E-state index in [1.54, 1.807) is 0 Å². The van der Waals surface area contributed by atoms with Gasteiger partial charge < -0.3 is 15.4 Å². The summed E-state index contributed by atoms with van der Waals surface area (Å²) in [5.41, 5.74) is 0.359. The van der Waals surface area contributed by atoms with Crippen LogP contribution in [0.4, 0.5) is 0 Å². The molecule has 1 unspecified atom stereocenters. The van der Waals surface area contributed by atoms with E-state index in [9.17, 15) is 4.79 Å². The van der Waals surface area contributed by atoms with E-state index in [0.717, 1.165) is 19.5 Å². The van der Waals surface area contributed by atoms with Gasteiger partial charge in [0.2, 0.25) is 5.91 Å². The fraction of sp³-hybridized carbons (Fsp3) is 0.923. The van der Waals surface area contributed by atoms with Gasteiger partial charge in [-0.3, -0.25) is 4.79 Å². The van der Waals surface area contributed by atoms with Crippen LogP contribution in [0.2, 0.25) is 0 Å². The minimum absolute atomic E-state index is 0.0527. The third kappa shape index (κ3) is 3.19. The number of morpholine rings is 1. The van der Waals surface area contributed by atoms with Crippen molar-refractivity contribution in [2.75, 3.05) is 26.2 Å². The molecule has 1 aliphatic heterocycles. The summed E-state index contributed by atoms with van der Waals surface area (Å²) < 4.78 is 5.45. The Morgan fingerprint density at radius 3 is 2.82 bits per heavy atom. The molecule has 1 aliphatic carbocycles. The third-order valence-electron chi connectivity index (χ3n) is 4.27. The molecule has 2 N–H and O–H groups in total. The van der Waals surface area contributed by atoms with Crippen LogP contribution in [0.25, 0.3) is 0 Å². The van der Waals surface area contributed by atoms with Gasteiger partial charge in [0.1, 0.15) is 6.10 Å². The zero-order chi connectivity index (χ0) is 12.1. The number of ether oxygens (including phenoxy) is 1. The average molecular weight is 240 g/mol. The second kappa shape index (κ2) is 5.83. The van der Waals surface area contributed by atoms with Gasteiger partial charge in [-0.2, -0.15) is 0 Å². The summed E-state index contributed by atoms with van der Waals surface area (Å²) in [5.74, 6) is 0.0527. The lowest BCUT2D eigenvalue weighted by atomic mass is 9.83. The molecule has 1 saturated heterocycles. The molecule has 2 aliphatic rings. The van der Waals surface area contributed by atoms with E-state index >= 15 is 0 Å². The monoisotopic (exact) mass is 240 g/mol. The number of nitrogens with one attached hydrogen (secondary N) is 2. The molecule has 1 heterocycles. The quantitative estimate of drug-likeness (QED) is 0.772. The van der Waals surface area contributed by atoms with Gasteiger partial charge in [0, 0.05) is 19.6 Å². The van der Waals surface area contributed by atoms with E-state index in [1.807, 2.05) is 0 Å². The van der Waals surface area contributed by atoms with Gasteiger partial charge >= 0.3 is 0 Å². The summed E-state index contributed by atoms with van der Waals surface area (Å²) in [7, 11) is 0. The van der Waals surface area contributed by atoms with Crippen LogP contribution in [-0.2, 0) is 9.53 Å². The van der Waals surface area contributed by atoms with E-state index in [4.69, 9.17) is 4.74 Å². The highest BCUT2D eigenvalue weighted by molar-refractivity contribution is 5.81. The Kier molecular flexibility index (Phi) is 4.40. The van der Waals surface area contributed by atoms with Gasteiger partial charge in [-0.05, 0) is 24.7 Å². The standard InChI is InChI=1S/C13H24N2O2/c1-2-13(5-3-4-6-13)10-15-12(16)11-9-14-7-8-17-11/h11,14H,2-10H2,1H3,(H,15,16). The van der Waals surface area contributed by atoms with Gasteiger partial charge in [-0.1, -0.05) is 19.8 Å². The van der Waals surface area contributed by atoms with Gasteiger partial charge in [-0.25, -0.2) is 0 Å². The molecule has 4 nitrogen and oxygen atoms in total. The van der Waals surface area contributed by atoms with Crippen LogP contribution in [0.1, 0.15) is 39.0 Å². The maximum absolute atomic E-state index is 11.9. The Hall–Kier alpha value is -0.610. The van der Waals surface area contributed by atoms with Gasteiger partial charge in [0.15, 0.2) is 0 Å². The van der Waals surface area contributed by atoms with Crippen molar-refractivity contribution in [3.8, 4) is 0 Å². The molecule has 1 amide bonds. The second-order valence-electron chi connectivity index (χ2n) is 5.34. The van der Waals surface area contributed by atoms with Crippen molar-refractivity contribution in [3.05, 3.63) is 0 Å². The predicted octanol–water partition coefficient (Wildman–Crippen LogP) is 1.06. The molecule has 17 heavy (non-hydrogen) atoms. The smallest absolute Gasteiger partial charge is 0.250 e. The van der Waals surface area contributed by atoms with E-state index in [-0.39, 0.29) is 12.0 Å². The molecule has 2 rings (SSSR count). The van der Waals surface area contributed by atoms with Gasteiger partial charge in [-0.15, -0.1) is 0 Å². The molecule has 0 aromatic carbocycles. The molecular formula is C13H24N2O2. The summed E-state index contributed by atoms with van der Waals surface area (Å²) in [6, 6.07) is 0. The fourth-order valence-electron chi connectivity index (χ4n) is 2.90. The van der Waals surface area contributed by atoms with Crippen LogP contribution >= 0.6 is 0 Å². The normalized spacial score (nSPS) is 27.9. The molecule has 0 bridgehead atoms. The first-order valence-corrected chi connectivity index (χ1v) is 6.86. The van der Waals surface area contributed by atoms with Gasteiger partial charge in [0.25, 0.3) is 0 Å². The highest BCUT2D eigenvalue weighted by atomic mass is 16.5. The van der Waals surface area contributed by atoms with Crippen molar-refractivity contribution in [2.24, 2.45) is 5.41 Å². The maximum atomic E-state index is 11.9. The minimum atomic E-state index is -0.293. The van der Waals surface area contributed by atoms with E-state index in [0.29, 0.717) is 18.6 Å². The molecule has 0 spiro atoms. The zero-order valence-electron chi connectivity index (χ0n) is 10.8. The molecule has 4 heteroatoms. The van der Waals surface area contributed by atoms with E-state index in [1.165, 1.54) is 25.7 Å². The topological polar surface area (TPSA) is 50.4 Å². The summed E-state index contributed by atoms with van der Waals surface area (Å²) in [5, 5.41) is 6.26. The first-order valence-electron chi connectivity index (χ1n) is 6.86. The lowest BCUT2D eigenvalue weighted by Gasteiger charge is -2.29. The fourth-order valence-corrected chi connectivity index (χ4v) is 2.90. The SMILES string of the molecule is CCC1(CNC(=O)C2CNCCO2)CCCC1. The molecule has 1 atom stereocenters. The van der Waals surface area contributed by atoms with Crippen molar-refractivity contribution >= 4 is 5.91 Å². The zero-order valence-corrected chi connectivity index (χ0v) is 10.8. The molecule has 1 saturated carbocycles. The molecular weight excluding hydrogens is 216 g/mol. The summed E-state index contributed by atoms with van der Waals surface area (Å²) in [6.45, 7) is 5.18. The Labute approximate surface area is 103 Å².